The Bertz CT molecular complexity index is 331. The van der Waals surface area contributed by atoms with Gasteiger partial charge in [-0.25, -0.2) is 4.98 Å². The molecule has 1 N–H and O–H groups in total. The number of halogens is 1. The molecule has 0 amide bonds. The molecule has 0 aromatic carbocycles. The smallest absolute Gasteiger partial charge is 0.205 e. The van der Waals surface area contributed by atoms with Crippen molar-refractivity contribution in [2.75, 3.05) is 26.2 Å². The van der Waals surface area contributed by atoms with Gasteiger partial charge in [0, 0.05) is 37.3 Å². The van der Waals surface area contributed by atoms with E-state index in [9.17, 15) is 4.79 Å². The number of thiazole rings is 1. The number of piperazine rings is 1. The number of hydrogen-bond donors (Lipinski definition) is 1. The van der Waals surface area contributed by atoms with Crippen molar-refractivity contribution in [3.05, 3.63) is 16.6 Å². The molecule has 90 valence electrons. The van der Waals surface area contributed by atoms with Crippen LogP contribution in [0.1, 0.15) is 16.7 Å². The number of ketones is 1. The minimum absolute atomic E-state index is 0. The van der Waals surface area contributed by atoms with Gasteiger partial charge >= 0.3 is 0 Å². The number of hydrogen-bond acceptors (Lipinski definition) is 5. The number of carbonyl (C=O) groups is 1. The summed E-state index contributed by atoms with van der Waals surface area (Å²) in [6.45, 7) is 5.49. The summed E-state index contributed by atoms with van der Waals surface area (Å²) in [4.78, 5) is 18.0. The van der Waals surface area contributed by atoms with Crippen LogP contribution in [0.5, 0.6) is 0 Å². The molecule has 1 aliphatic rings. The molecule has 1 atom stereocenters. The van der Waals surface area contributed by atoms with Crippen LogP contribution in [0.3, 0.4) is 0 Å². The maximum atomic E-state index is 11.8. The van der Waals surface area contributed by atoms with Crippen LogP contribution in [0.25, 0.3) is 0 Å². The van der Waals surface area contributed by atoms with Gasteiger partial charge in [-0.3, -0.25) is 9.69 Å². The molecular formula is C10H16ClN3OS. The zero-order valence-corrected chi connectivity index (χ0v) is 10.8. The third kappa shape index (κ3) is 3.52. The quantitative estimate of drug-likeness (QED) is 0.826. The minimum atomic E-state index is 0. The van der Waals surface area contributed by atoms with E-state index in [1.54, 1.807) is 6.20 Å². The first-order chi connectivity index (χ1) is 7.25. The fraction of sp³-hybridized carbons (Fsp3) is 0.600. The molecule has 2 rings (SSSR count). The van der Waals surface area contributed by atoms with E-state index in [0.717, 1.165) is 19.6 Å². The molecule has 0 aliphatic carbocycles. The molecule has 0 saturated carbocycles. The molecule has 0 spiro atoms. The molecule has 1 aromatic heterocycles. The molecule has 4 nitrogen and oxygen atoms in total. The van der Waals surface area contributed by atoms with E-state index in [1.165, 1.54) is 11.3 Å². The molecule has 0 radical (unpaired) electrons. The van der Waals surface area contributed by atoms with Crippen LogP contribution in [0.2, 0.25) is 0 Å². The van der Waals surface area contributed by atoms with Crippen LogP contribution in [0, 0.1) is 0 Å². The van der Waals surface area contributed by atoms with Crippen LogP contribution < -0.4 is 5.32 Å². The van der Waals surface area contributed by atoms with Crippen LogP contribution in [0.4, 0.5) is 0 Å². The summed E-state index contributed by atoms with van der Waals surface area (Å²) < 4.78 is 0. The lowest BCUT2D eigenvalue weighted by Crippen LogP contribution is -2.50. The van der Waals surface area contributed by atoms with Crippen molar-refractivity contribution < 1.29 is 4.79 Å². The van der Waals surface area contributed by atoms with Gasteiger partial charge in [0.05, 0.1) is 6.54 Å². The molecule has 1 aliphatic heterocycles. The van der Waals surface area contributed by atoms with Crippen molar-refractivity contribution in [1.82, 2.24) is 15.2 Å². The molecule has 1 aromatic rings. The Kier molecular flexibility index (Phi) is 5.34. The van der Waals surface area contributed by atoms with Crippen LogP contribution in [-0.2, 0) is 0 Å². The topological polar surface area (TPSA) is 45.2 Å². The minimum Gasteiger partial charge on any atom is -0.312 e. The fourth-order valence-electron chi connectivity index (χ4n) is 1.79. The highest BCUT2D eigenvalue weighted by Crippen LogP contribution is 2.07. The molecule has 1 saturated heterocycles. The summed E-state index contributed by atoms with van der Waals surface area (Å²) in [5.74, 6) is 0.138. The van der Waals surface area contributed by atoms with E-state index >= 15 is 0 Å². The summed E-state index contributed by atoms with van der Waals surface area (Å²) in [6, 6.07) is 0.475. The normalized spacial score (nSPS) is 21.4. The van der Waals surface area contributed by atoms with Crippen LogP contribution in [0.15, 0.2) is 11.6 Å². The van der Waals surface area contributed by atoms with Gasteiger partial charge < -0.3 is 5.32 Å². The Morgan fingerprint density at radius 3 is 3.19 bits per heavy atom. The van der Waals surface area contributed by atoms with E-state index in [4.69, 9.17) is 0 Å². The molecule has 1 unspecified atom stereocenters. The van der Waals surface area contributed by atoms with Gasteiger partial charge in [0.25, 0.3) is 0 Å². The first-order valence-corrected chi connectivity index (χ1v) is 6.02. The number of Topliss-reactive ketones (excluding diaryl/α,β-unsaturated/α-hetero) is 1. The number of nitrogens with one attached hydrogen (secondary N) is 1. The fourth-order valence-corrected chi connectivity index (χ4v) is 2.36. The van der Waals surface area contributed by atoms with Gasteiger partial charge in [0.2, 0.25) is 5.78 Å². The summed E-state index contributed by atoms with van der Waals surface area (Å²) in [7, 11) is 0. The lowest BCUT2D eigenvalue weighted by atomic mass is 10.2. The van der Waals surface area contributed by atoms with Crippen molar-refractivity contribution in [3.8, 4) is 0 Å². The molecule has 2 heterocycles. The second-order valence-corrected chi connectivity index (χ2v) is 4.75. The Labute approximate surface area is 105 Å². The maximum Gasteiger partial charge on any atom is 0.205 e. The third-order valence-electron chi connectivity index (χ3n) is 2.49. The number of nitrogens with zero attached hydrogens (tertiary/aromatic N) is 2. The average molecular weight is 262 g/mol. The summed E-state index contributed by atoms with van der Waals surface area (Å²) >= 11 is 1.42. The second kappa shape index (κ2) is 6.30. The zero-order valence-electron chi connectivity index (χ0n) is 9.18. The van der Waals surface area contributed by atoms with E-state index < -0.39 is 0 Å². The van der Waals surface area contributed by atoms with Crippen molar-refractivity contribution in [1.29, 1.82) is 0 Å². The van der Waals surface area contributed by atoms with Gasteiger partial charge in [-0.05, 0) is 6.92 Å². The van der Waals surface area contributed by atoms with E-state index in [0.29, 0.717) is 17.6 Å². The SMILES string of the molecule is CC1CN(CC(=O)c2nccs2)CCN1.Cl. The van der Waals surface area contributed by atoms with Crippen molar-refractivity contribution >= 4 is 29.5 Å². The Hall–Kier alpha value is -0.490. The van der Waals surface area contributed by atoms with Crippen molar-refractivity contribution in [3.63, 3.8) is 0 Å². The van der Waals surface area contributed by atoms with Gasteiger partial charge in [-0.15, -0.1) is 23.7 Å². The van der Waals surface area contributed by atoms with Crippen LogP contribution >= 0.6 is 23.7 Å². The number of carbonyl (C=O) groups excluding carboxylic acids is 1. The van der Waals surface area contributed by atoms with E-state index in [-0.39, 0.29) is 18.2 Å². The lowest BCUT2D eigenvalue weighted by molar-refractivity contribution is 0.0908. The summed E-state index contributed by atoms with van der Waals surface area (Å²) in [6.07, 6.45) is 1.68. The van der Waals surface area contributed by atoms with E-state index in [1.807, 2.05) is 5.38 Å². The van der Waals surface area contributed by atoms with Gasteiger partial charge in [0.15, 0.2) is 5.01 Å². The lowest BCUT2D eigenvalue weighted by Gasteiger charge is -2.30. The highest BCUT2D eigenvalue weighted by Gasteiger charge is 2.19. The second-order valence-electron chi connectivity index (χ2n) is 3.85. The maximum absolute atomic E-state index is 11.8. The Balaban J connectivity index is 0.00000128. The van der Waals surface area contributed by atoms with Gasteiger partial charge in [-0.2, -0.15) is 0 Å². The Morgan fingerprint density at radius 2 is 2.56 bits per heavy atom. The van der Waals surface area contributed by atoms with Crippen molar-refractivity contribution in [2.24, 2.45) is 0 Å². The van der Waals surface area contributed by atoms with Gasteiger partial charge in [-0.1, -0.05) is 0 Å². The molecule has 6 heteroatoms. The summed E-state index contributed by atoms with van der Waals surface area (Å²) in [5.41, 5.74) is 0. The predicted molar refractivity (Wildman–Crippen MR) is 67.6 cm³/mol. The molecule has 16 heavy (non-hydrogen) atoms. The first-order valence-electron chi connectivity index (χ1n) is 5.14. The number of aromatic nitrogens is 1. The average Bonchev–Trinajstić information content (AvgIpc) is 2.70. The van der Waals surface area contributed by atoms with Crippen LogP contribution in [-0.4, -0.2) is 47.9 Å². The van der Waals surface area contributed by atoms with Crippen molar-refractivity contribution in [2.45, 2.75) is 13.0 Å². The Morgan fingerprint density at radius 1 is 1.75 bits per heavy atom. The van der Waals surface area contributed by atoms with Gasteiger partial charge in [0.1, 0.15) is 0 Å². The highest BCUT2D eigenvalue weighted by molar-refractivity contribution is 7.11. The third-order valence-corrected chi connectivity index (χ3v) is 3.31. The largest absolute Gasteiger partial charge is 0.312 e. The zero-order chi connectivity index (χ0) is 10.7. The molecular weight excluding hydrogens is 246 g/mol. The molecule has 0 bridgehead atoms. The molecule has 1 fully saturated rings. The number of rotatable bonds is 3. The van der Waals surface area contributed by atoms with E-state index in [2.05, 4.69) is 22.1 Å². The summed E-state index contributed by atoms with van der Waals surface area (Å²) in [5, 5.41) is 5.82. The predicted octanol–water partition coefficient (Wildman–Crippen LogP) is 1.04. The highest BCUT2D eigenvalue weighted by atomic mass is 35.5. The monoisotopic (exact) mass is 261 g/mol. The first kappa shape index (κ1) is 13.6. The standard InChI is InChI=1S/C10H15N3OS.ClH/c1-8-6-13(4-2-11-8)7-9(14)10-12-3-5-15-10;/h3,5,8,11H,2,4,6-7H2,1H3;1H.